The van der Waals surface area contributed by atoms with Crippen molar-refractivity contribution in [1.29, 1.82) is 0 Å². The quantitative estimate of drug-likeness (QED) is 0.923. The van der Waals surface area contributed by atoms with Gasteiger partial charge in [0.05, 0.1) is 12.2 Å². The van der Waals surface area contributed by atoms with E-state index in [0.717, 1.165) is 12.8 Å². The largest absolute Gasteiger partial charge is 0.370 e. The first kappa shape index (κ1) is 15.5. The van der Waals surface area contributed by atoms with Crippen molar-refractivity contribution in [3.63, 3.8) is 0 Å². The van der Waals surface area contributed by atoms with Crippen LogP contribution in [0.15, 0.2) is 24.3 Å². The third-order valence-electron chi connectivity index (χ3n) is 5.09. The van der Waals surface area contributed by atoms with Gasteiger partial charge in [0.15, 0.2) is 0 Å². The minimum absolute atomic E-state index is 0.0418. The second-order valence-corrected chi connectivity index (χ2v) is 7.18. The van der Waals surface area contributed by atoms with Crippen LogP contribution in [0.2, 0.25) is 0 Å². The maximum Gasteiger partial charge on any atom is 0.222 e. The van der Waals surface area contributed by atoms with E-state index in [-0.39, 0.29) is 24.0 Å². The lowest BCUT2D eigenvalue weighted by atomic mass is 9.85. The van der Waals surface area contributed by atoms with Crippen molar-refractivity contribution in [1.82, 2.24) is 5.32 Å². The molecule has 2 aliphatic rings. The summed E-state index contributed by atoms with van der Waals surface area (Å²) in [6.07, 6.45) is 4.82. The summed E-state index contributed by atoms with van der Waals surface area (Å²) >= 11 is 0. The van der Waals surface area contributed by atoms with Crippen LogP contribution in [0, 0.1) is 18.8 Å². The van der Waals surface area contributed by atoms with Crippen molar-refractivity contribution in [3.8, 4) is 0 Å². The van der Waals surface area contributed by atoms with Crippen LogP contribution in [-0.2, 0) is 9.53 Å². The Labute approximate surface area is 133 Å². The second-order valence-electron chi connectivity index (χ2n) is 7.18. The highest BCUT2D eigenvalue weighted by molar-refractivity contribution is 5.78. The molecule has 1 aliphatic carbocycles. The van der Waals surface area contributed by atoms with Gasteiger partial charge in [-0.2, -0.15) is 0 Å². The van der Waals surface area contributed by atoms with Gasteiger partial charge in [0.25, 0.3) is 0 Å². The molecular formula is C19H27NO2. The molecule has 0 radical (unpaired) electrons. The molecule has 22 heavy (non-hydrogen) atoms. The Morgan fingerprint density at radius 1 is 1.32 bits per heavy atom. The summed E-state index contributed by atoms with van der Waals surface area (Å²) in [6, 6.07) is 8.82. The fourth-order valence-electron chi connectivity index (χ4n) is 3.86. The van der Waals surface area contributed by atoms with Gasteiger partial charge < -0.3 is 10.1 Å². The normalized spacial score (nSPS) is 31.1. The van der Waals surface area contributed by atoms with Crippen molar-refractivity contribution in [3.05, 3.63) is 35.4 Å². The summed E-state index contributed by atoms with van der Waals surface area (Å²) in [5.74, 6) is 0.699. The summed E-state index contributed by atoms with van der Waals surface area (Å²) in [7, 11) is 0. The smallest absolute Gasteiger partial charge is 0.222 e. The number of carbonyl (C=O) groups excluding carboxylic acids is 1. The van der Waals surface area contributed by atoms with Crippen LogP contribution in [-0.4, -0.2) is 18.1 Å². The molecule has 4 atom stereocenters. The third-order valence-corrected chi connectivity index (χ3v) is 5.09. The Morgan fingerprint density at radius 3 is 2.86 bits per heavy atom. The first-order chi connectivity index (χ1) is 10.5. The van der Waals surface area contributed by atoms with Crippen molar-refractivity contribution in [2.75, 3.05) is 0 Å². The van der Waals surface area contributed by atoms with E-state index < -0.39 is 0 Å². The van der Waals surface area contributed by atoms with Crippen molar-refractivity contribution >= 4 is 5.91 Å². The maximum atomic E-state index is 12.1. The van der Waals surface area contributed by atoms with Gasteiger partial charge in [-0.15, -0.1) is 0 Å². The fraction of sp³-hybridized carbons (Fsp3) is 0.632. The Kier molecular flexibility index (Phi) is 4.53. The Balaban J connectivity index is 1.78. The number of rotatable bonds is 3. The van der Waals surface area contributed by atoms with Crippen LogP contribution in [0.25, 0.3) is 0 Å². The highest BCUT2D eigenvalue weighted by Crippen LogP contribution is 2.42. The average molecular weight is 301 g/mol. The Hall–Kier alpha value is -1.35. The van der Waals surface area contributed by atoms with E-state index >= 15 is 0 Å². The number of nitrogens with one attached hydrogen (secondary N) is 1. The van der Waals surface area contributed by atoms with E-state index in [2.05, 4.69) is 36.5 Å². The Bertz CT molecular complexity index is 540. The van der Waals surface area contributed by atoms with Gasteiger partial charge in [-0.1, -0.05) is 50.1 Å². The molecule has 0 unspecified atom stereocenters. The number of ether oxygens (including phenoxy) is 1. The number of amides is 1. The number of hydrogen-bond donors (Lipinski definition) is 1. The van der Waals surface area contributed by atoms with Gasteiger partial charge in [0.2, 0.25) is 5.91 Å². The summed E-state index contributed by atoms with van der Waals surface area (Å²) in [5, 5.41) is 3.29. The highest BCUT2D eigenvalue weighted by atomic mass is 16.5. The van der Waals surface area contributed by atoms with Crippen LogP contribution in [0.5, 0.6) is 0 Å². The molecular weight excluding hydrogens is 274 g/mol. The molecule has 1 aromatic carbocycles. The molecule has 0 spiro atoms. The van der Waals surface area contributed by atoms with Crippen molar-refractivity contribution < 1.29 is 9.53 Å². The molecule has 3 rings (SSSR count). The van der Waals surface area contributed by atoms with Crippen molar-refractivity contribution in [2.24, 2.45) is 11.8 Å². The molecule has 3 heteroatoms. The number of hydrogen-bond acceptors (Lipinski definition) is 2. The molecule has 1 aromatic rings. The van der Waals surface area contributed by atoms with Crippen LogP contribution < -0.4 is 5.32 Å². The molecule has 0 bridgehead atoms. The zero-order chi connectivity index (χ0) is 15.7. The monoisotopic (exact) mass is 301 g/mol. The van der Waals surface area contributed by atoms with Crippen molar-refractivity contribution in [2.45, 2.75) is 64.7 Å². The van der Waals surface area contributed by atoms with Crippen LogP contribution >= 0.6 is 0 Å². The van der Waals surface area contributed by atoms with E-state index in [4.69, 9.17) is 4.74 Å². The molecule has 3 nitrogen and oxygen atoms in total. The molecule has 0 aromatic heterocycles. The van der Waals surface area contributed by atoms with Crippen LogP contribution in [0.3, 0.4) is 0 Å². The van der Waals surface area contributed by atoms with Gasteiger partial charge in [-0.05, 0) is 31.7 Å². The predicted molar refractivity (Wildman–Crippen MR) is 87.5 cm³/mol. The lowest BCUT2D eigenvalue weighted by Crippen LogP contribution is -2.49. The van der Waals surface area contributed by atoms with Crippen LogP contribution in [0.1, 0.15) is 56.8 Å². The molecule has 1 saturated heterocycles. The Morgan fingerprint density at radius 2 is 2.14 bits per heavy atom. The molecule has 1 aliphatic heterocycles. The first-order valence-electron chi connectivity index (χ1n) is 8.57. The number of benzene rings is 1. The van der Waals surface area contributed by atoms with Gasteiger partial charge in [0, 0.05) is 17.9 Å². The lowest BCUT2D eigenvalue weighted by molar-refractivity contribution is -0.129. The summed E-state index contributed by atoms with van der Waals surface area (Å²) in [5.41, 5.74) is 2.51. The van der Waals surface area contributed by atoms with E-state index in [1.807, 2.05) is 13.8 Å². The third kappa shape index (κ3) is 3.19. The van der Waals surface area contributed by atoms with Gasteiger partial charge in [-0.3, -0.25) is 4.79 Å². The standard InChI is InChI=1S/C19H27NO2/c1-12(2)19(21)20-16-11-18(14-7-4-6-13(3)10-14)22-17-9-5-8-15(16)17/h4,6-7,10,12,15-18H,5,8-9,11H2,1-3H3,(H,20,21)/t15-,16+,17+,18+/m0/s1. The summed E-state index contributed by atoms with van der Waals surface area (Å²) in [6.45, 7) is 6.03. The van der Waals surface area contributed by atoms with Gasteiger partial charge in [-0.25, -0.2) is 0 Å². The van der Waals surface area contributed by atoms with E-state index in [1.165, 1.54) is 24.0 Å². The highest BCUT2D eigenvalue weighted by Gasteiger charge is 2.42. The van der Waals surface area contributed by atoms with E-state index in [9.17, 15) is 4.79 Å². The number of carbonyl (C=O) groups is 1. The van der Waals surface area contributed by atoms with E-state index in [1.54, 1.807) is 0 Å². The number of aryl methyl sites for hydroxylation is 1. The first-order valence-corrected chi connectivity index (χ1v) is 8.57. The maximum absolute atomic E-state index is 12.1. The molecule has 2 fully saturated rings. The lowest BCUT2D eigenvalue weighted by Gasteiger charge is -2.40. The molecule has 120 valence electrons. The van der Waals surface area contributed by atoms with Gasteiger partial charge >= 0.3 is 0 Å². The second kappa shape index (κ2) is 6.41. The summed E-state index contributed by atoms with van der Waals surface area (Å²) < 4.78 is 6.37. The fourth-order valence-corrected chi connectivity index (χ4v) is 3.86. The van der Waals surface area contributed by atoms with Crippen LogP contribution in [0.4, 0.5) is 0 Å². The SMILES string of the molecule is Cc1cccc([C@H]2C[C@@H](NC(=O)C(C)C)[C@@H]3CCC[C@H]3O2)c1. The molecule has 1 N–H and O–H groups in total. The summed E-state index contributed by atoms with van der Waals surface area (Å²) in [4.78, 5) is 12.1. The number of fused-ring (bicyclic) bond motifs is 1. The average Bonchev–Trinajstić information content (AvgIpc) is 2.95. The molecule has 1 amide bonds. The van der Waals surface area contributed by atoms with E-state index in [0.29, 0.717) is 12.0 Å². The minimum Gasteiger partial charge on any atom is -0.370 e. The molecule has 1 saturated carbocycles. The van der Waals surface area contributed by atoms with Gasteiger partial charge in [0.1, 0.15) is 0 Å². The zero-order valence-electron chi connectivity index (χ0n) is 13.8. The zero-order valence-corrected chi connectivity index (χ0v) is 13.8. The minimum atomic E-state index is 0.0418. The predicted octanol–water partition coefficient (Wildman–Crippen LogP) is 3.77. The molecule has 1 heterocycles. The topological polar surface area (TPSA) is 38.3 Å².